The number of likely N-dealkylation sites (tertiary alicyclic amines) is 1. The minimum absolute atomic E-state index is 0.308. The minimum atomic E-state index is -5.13. The number of furan rings is 1. The monoisotopic (exact) mass is 332 g/mol. The predicted molar refractivity (Wildman–Crippen MR) is 70.8 cm³/mol. The molecule has 2 fully saturated rings. The van der Waals surface area contributed by atoms with Gasteiger partial charge in [-0.1, -0.05) is 0 Å². The number of fused-ring (bicyclic) bond motifs is 2. The van der Waals surface area contributed by atoms with E-state index in [1.807, 2.05) is 0 Å². The second-order valence-corrected chi connectivity index (χ2v) is 5.84. The van der Waals surface area contributed by atoms with E-state index in [9.17, 15) is 22.8 Å². The number of carbonyl (C=O) groups excluding carboxylic acids is 2. The highest BCUT2D eigenvalue weighted by Gasteiger charge is 2.43. The average molecular weight is 332 g/mol. The number of nitrogens with one attached hydrogen (secondary N) is 1. The molecule has 2 aliphatic rings. The number of ether oxygens (including phenoxy) is 1. The van der Waals surface area contributed by atoms with Crippen LogP contribution in [0.5, 0.6) is 5.75 Å². The number of nitrogens with zero attached hydrogens (tertiary/aromatic N) is 1. The van der Waals surface area contributed by atoms with E-state index in [2.05, 4.69) is 10.1 Å². The van der Waals surface area contributed by atoms with Gasteiger partial charge in [0.05, 0.1) is 6.26 Å². The summed E-state index contributed by atoms with van der Waals surface area (Å²) in [6.07, 6.45) is -3.09. The molecule has 23 heavy (non-hydrogen) atoms. The average Bonchev–Trinajstić information content (AvgIpc) is 2.93. The lowest BCUT2D eigenvalue weighted by Gasteiger charge is -2.41. The van der Waals surface area contributed by atoms with Gasteiger partial charge in [0.15, 0.2) is 5.75 Å². The fourth-order valence-electron chi connectivity index (χ4n) is 3.11. The summed E-state index contributed by atoms with van der Waals surface area (Å²) in [6, 6.07) is 1.03. The molecule has 0 aromatic carbocycles. The van der Waals surface area contributed by atoms with Crippen molar-refractivity contribution in [1.82, 2.24) is 10.2 Å². The first-order chi connectivity index (χ1) is 10.8. The first kappa shape index (κ1) is 15.9. The Morgan fingerprint density at radius 2 is 1.91 bits per heavy atom. The van der Waals surface area contributed by atoms with Gasteiger partial charge in [0.1, 0.15) is 0 Å². The van der Waals surface area contributed by atoms with Crippen LogP contribution in [-0.4, -0.2) is 49.1 Å². The van der Waals surface area contributed by atoms with Crippen molar-refractivity contribution in [3.63, 3.8) is 0 Å². The van der Waals surface area contributed by atoms with Gasteiger partial charge in [-0.2, -0.15) is 13.2 Å². The molecule has 3 heterocycles. The summed E-state index contributed by atoms with van der Waals surface area (Å²) in [5.41, 5.74) is 0. The second kappa shape index (κ2) is 5.88. The van der Waals surface area contributed by atoms with Crippen molar-refractivity contribution in [2.75, 3.05) is 26.2 Å². The molecule has 0 spiro atoms. The number of amides is 1. The van der Waals surface area contributed by atoms with Crippen molar-refractivity contribution in [3.05, 3.63) is 18.1 Å². The molecule has 9 heteroatoms. The van der Waals surface area contributed by atoms with Crippen LogP contribution >= 0.6 is 0 Å². The van der Waals surface area contributed by atoms with E-state index >= 15 is 0 Å². The molecule has 6 nitrogen and oxygen atoms in total. The van der Waals surface area contributed by atoms with Gasteiger partial charge in [0.25, 0.3) is 5.91 Å². The van der Waals surface area contributed by atoms with Crippen LogP contribution < -0.4 is 10.1 Å². The second-order valence-electron chi connectivity index (χ2n) is 5.84. The Hall–Kier alpha value is -2.03. The standard InChI is InChI=1S/C14H15F3N2O4/c15-14(16,17)13(21)23-10-1-2-22-11(10)12(20)19-6-8-3-9(7-19)5-18-4-8/h1-2,8-9,18H,3-7H2. The zero-order chi connectivity index (χ0) is 16.6. The lowest BCUT2D eigenvalue weighted by Crippen LogP contribution is -2.52. The minimum Gasteiger partial charge on any atom is -0.455 e. The summed E-state index contributed by atoms with van der Waals surface area (Å²) in [4.78, 5) is 24.9. The van der Waals surface area contributed by atoms with Crippen LogP contribution in [0.25, 0.3) is 0 Å². The third-order valence-electron chi connectivity index (χ3n) is 4.03. The first-order valence-electron chi connectivity index (χ1n) is 7.21. The third kappa shape index (κ3) is 3.34. The van der Waals surface area contributed by atoms with Crippen molar-refractivity contribution in [1.29, 1.82) is 0 Å². The van der Waals surface area contributed by atoms with E-state index in [1.54, 1.807) is 4.90 Å². The van der Waals surface area contributed by atoms with Crippen molar-refractivity contribution in [2.24, 2.45) is 11.8 Å². The van der Waals surface area contributed by atoms with Gasteiger partial charge < -0.3 is 19.4 Å². The summed E-state index contributed by atoms with van der Waals surface area (Å²) < 4.78 is 46.0. The Morgan fingerprint density at radius 3 is 2.52 bits per heavy atom. The number of rotatable bonds is 2. The molecule has 1 amide bonds. The van der Waals surface area contributed by atoms with Crippen LogP contribution in [0.4, 0.5) is 13.2 Å². The zero-order valence-electron chi connectivity index (χ0n) is 12.1. The molecule has 2 atom stereocenters. The Labute approximate surface area is 129 Å². The Balaban J connectivity index is 1.73. The summed E-state index contributed by atoms with van der Waals surface area (Å²) in [5.74, 6) is -3.21. The number of carbonyl (C=O) groups is 2. The molecule has 0 aliphatic carbocycles. The van der Waals surface area contributed by atoms with Gasteiger partial charge in [-0.25, -0.2) is 4.79 Å². The number of esters is 1. The Kier molecular flexibility index (Phi) is 4.05. The molecule has 3 rings (SSSR count). The van der Waals surface area contributed by atoms with Crippen LogP contribution in [-0.2, 0) is 4.79 Å². The topological polar surface area (TPSA) is 71.8 Å². The number of halogens is 3. The lowest BCUT2D eigenvalue weighted by atomic mass is 9.86. The quantitative estimate of drug-likeness (QED) is 0.830. The molecule has 0 saturated carbocycles. The van der Waals surface area contributed by atoms with Gasteiger partial charge in [-0.05, 0) is 31.3 Å². The molecule has 0 radical (unpaired) electrons. The van der Waals surface area contributed by atoms with E-state index in [1.165, 1.54) is 0 Å². The van der Waals surface area contributed by atoms with Crippen molar-refractivity contribution in [2.45, 2.75) is 12.6 Å². The fourth-order valence-corrected chi connectivity index (χ4v) is 3.11. The molecule has 1 N–H and O–H groups in total. The van der Waals surface area contributed by atoms with Gasteiger partial charge in [-0.3, -0.25) is 4.79 Å². The molecule has 126 valence electrons. The predicted octanol–water partition coefficient (Wildman–Crippen LogP) is 1.43. The van der Waals surface area contributed by atoms with Crippen LogP contribution in [0, 0.1) is 11.8 Å². The smallest absolute Gasteiger partial charge is 0.455 e. The number of hydrogen-bond donors (Lipinski definition) is 1. The molecule has 2 bridgehead atoms. The molecule has 2 unspecified atom stereocenters. The maximum absolute atomic E-state index is 12.5. The zero-order valence-corrected chi connectivity index (χ0v) is 12.1. The van der Waals surface area contributed by atoms with Crippen molar-refractivity contribution in [3.8, 4) is 5.75 Å². The molecule has 2 aliphatic heterocycles. The molecule has 1 aromatic heterocycles. The van der Waals surface area contributed by atoms with Crippen LogP contribution in [0.3, 0.4) is 0 Å². The third-order valence-corrected chi connectivity index (χ3v) is 4.03. The first-order valence-corrected chi connectivity index (χ1v) is 7.21. The summed E-state index contributed by atoms with van der Waals surface area (Å²) in [5, 5.41) is 3.28. The molecule has 1 aromatic rings. The van der Waals surface area contributed by atoms with Crippen molar-refractivity contribution >= 4 is 11.9 Å². The van der Waals surface area contributed by atoms with E-state index in [4.69, 9.17) is 4.42 Å². The largest absolute Gasteiger partial charge is 0.491 e. The highest BCUT2D eigenvalue weighted by molar-refractivity contribution is 5.95. The van der Waals surface area contributed by atoms with E-state index < -0.39 is 23.8 Å². The number of piperidine rings is 2. The maximum Gasteiger partial charge on any atom is 0.491 e. The van der Waals surface area contributed by atoms with Gasteiger partial charge in [0.2, 0.25) is 5.76 Å². The van der Waals surface area contributed by atoms with Crippen LogP contribution in [0.15, 0.2) is 16.7 Å². The van der Waals surface area contributed by atoms with Crippen LogP contribution in [0.2, 0.25) is 0 Å². The van der Waals surface area contributed by atoms with E-state index in [0.717, 1.165) is 31.8 Å². The van der Waals surface area contributed by atoms with Crippen molar-refractivity contribution < 1.29 is 31.9 Å². The maximum atomic E-state index is 12.5. The summed E-state index contributed by atoms with van der Waals surface area (Å²) in [7, 11) is 0. The van der Waals surface area contributed by atoms with Gasteiger partial charge in [-0.15, -0.1) is 0 Å². The number of hydrogen-bond acceptors (Lipinski definition) is 5. The van der Waals surface area contributed by atoms with E-state index in [-0.39, 0.29) is 5.76 Å². The molecule has 2 saturated heterocycles. The summed E-state index contributed by atoms with van der Waals surface area (Å²) >= 11 is 0. The highest BCUT2D eigenvalue weighted by Crippen LogP contribution is 2.29. The fraction of sp³-hybridized carbons (Fsp3) is 0.571. The number of alkyl halides is 3. The normalized spacial score (nSPS) is 24.4. The highest BCUT2D eigenvalue weighted by atomic mass is 19.4. The Morgan fingerprint density at radius 1 is 1.26 bits per heavy atom. The van der Waals surface area contributed by atoms with E-state index in [0.29, 0.717) is 24.9 Å². The van der Waals surface area contributed by atoms with Crippen LogP contribution in [0.1, 0.15) is 17.0 Å². The van der Waals surface area contributed by atoms with Gasteiger partial charge in [0, 0.05) is 19.2 Å². The summed E-state index contributed by atoms with van der Waals surface area (Å²) in [6.45, 7) is 2.59. The molecular weight excluding hydrogens is 317 g/mol. The Bertz CT molecular complexity index is 601. The lowest BCUT2D eigenvalue weighted by molar-refractivity contribution is -0.189. The molecular formula is C14H15F3N2O4. The SMILES string of the molecule is O=C(c1occc1OC(=O)C(F)(F)F)N1CC2CNCC(C2)C1. The van der Waals surface area contributed by atoms with Gasteiger partial charge >= 0.3 is 12.1 Å².